The molecule has 1 aliphatic rings. The van der Waals surface area contributed by atoms with E-state index in [0.29, 0.717) is 22.6 Å². The number of aromatic nitrogens is 2. The summed E-state index contributed by atoms with van der Waals surface area (Å²) in [5.74, 6) is 1.06. The molecule has 0 fully saturated rings. The van der Waals surface area contributed by atoms with E-state index in [4.69, 9.17) is 32.8 Å². The molecule has 136 valence electrons. The number of hydrogen-bond acceptors (Lipinski definition) is 5. The van der Waals surface area contributed by atoms with Crippen LogP contribution < -0.4 is 15.8 Å². The number of ether oxygens (including phenoxy) is 1. The minimum absolute atomic E-state index is 0.0272. The van der Waals surface area contributed by atoms with Crippen LogP contribution in [0.5, 0.6) is 11.6 Å². The third-order valence-electron chi connectivity index (χ3n) is 3.78. The highest BCUT2D eigenvalue weighted by molar-refractivity contribution is 6.37. The van der Waals surface area contributed by atoms with Crippen LogP contribution >= 0.6 is 23.2 Å². The average Bonchev–Trinajstić information content (AvgIpc) is 3.00. The molecule has 3 rings (SSSR count). The lowest BCUT2D eigenvalue weighted by Gasteiger charge is -2.13. The van der Waals surface area contributed by atoms with Gasteiger partial charge in [-0.15, -0.1) is 5.10 Å². The first-order valence-electron chi connectivity index (χ1n) is 7.85. The maximum absolute atomic E-state index is 12.1. The Kier molecular flexibility index (Phi) is 4.98. The van der Waals surface area contributed by atoms with Crippen molar-refractivity contribution in [3.05, 3.63) is 68.1 Å². The van der Waals surface area contributed by atoms with E-state index in [1.165, 1.54) is 4.68 Å². The maximum atomic E-state index is 12.1. The molecule has 0 bridgehead atoms. The lowest BCUT2D eigenvalue weighted by atomic mass is 10.1. The Morgan fingerprint density at radius 2 is 1.92 bits per heavy atom. The molecule has 1 aromatic carbocycles. The van der Waals surface area contributed by atoms with E-state index in [1.54, 1.807) is 31.3 Å². The van der Waals surface area contributed by atoms with E-state index in [1.807, 2.05) is 13.8 Å². The number of halogens is 2. The van der Waals surface area contributed by atoms with Crippen LogP contribution in [0.1, 0.15) is 30.9 Å². The van der Waals surface area contributed by atoms with Crippen LogP contribution in [0.3, 0.4) is 0 Å². The van der Waals surface area contributed by atoms with E-state index in [-0.39, 0.29) is 33.2 Å². The van der Waals surface area contributed by atoms with Crippen LogP contribution in [0.25, 0.3) is 5.76 Å². The minimum Gasteiger partial charge on any atom is -0.434 e. The van der Waals surface area contributed by atoms with Crippen molar-refractivity contribution in [1.29, 1.82) is 0 Å². The molecular weight excluding hydrogens is 377 g/mol. The van der Waals surface area contributed by atoms with Crippen molar-refractivity contribution in [3.63, 3.8) is 0 Å². The van der Waals surface area contributed by atoms with Gasteiger partial charge in [0.1, 0.15) is 0 Å². The zero-order valence-electron chi connectivity index (χ0n) is 14.5. The lowest BCUT2D eigenvalue weighted by Crippen LogP contribution is -2.24. The minimum atomic E-state index is -0.169. The van der Waals surface area contributed by atoms with Crippen molar-refractivity contribution in [3.8, 4) is 11.6 Å². The van der Waals surface area contributed by atoms with Gasteiger partial charge in [-0.1, -0.05) is 43.6 Å². The Balaban J connectivity index is 1.97. The SMILES string of the molecule is C=C1C=C(c2cc(Cl)c(Oc3cc(C(C)C)c(=O)n(C)n3)c(Cl)c2)ON1. The number of benzene rings is 1. The normalized spacial score (nSPS) is 13.5. The van der Waals surface area contributed by atoms with Crippen LogP contribution in [0.15, 0.2) is 41.3 Å². The highest BCUT2D eigenvalue weighted by atomic mass is 35.5. The zero-order valence-corrected chi connectivity index (χ0v) is 16.0. The van der Waals surface area contributed by atoms with Crippen LogP contribution in [-0.4, -0.2) is 9.78 Å². The number of nitrogens with one attached hydrogen (secondary N) is 1. The van der Waals surface area contributed by atoms with Gasteiger partial charge in [-0.05, 0) is 18.1 Å². The number of nitrogens with zero attached hydrogens (tertiary/aromatic N) is 2. The molecule has 26 heavy (non-hydrogen) atoms. The summed E-state index contributed by atoms with van der Waals surface area (Å²) in [6, 6.07) is 4.94. The van der Waals surface area contributed by atoms with Crippen molar-refractivity contribution in [2.24, 2.45) is 7.05 Å². The van der Waals surface area contributed by atoms with Crippen LogP contribution in [0.4, 0.5) is 0 Å². The van der Waals surface area contributed by atoms with E-state index in [2.05, 4.69) is 17.2 Å². The first-order valence-corrected chi connectivity index (χ1v) is 8.61. The van der Waals surface area contributed by atoms with Gasteiger partial charge in [0.25, 0.3) is 5.56 Å². The van der Waals surface area contributed by atoms with Crippen LogP contribution in [-0.2, 0) is 11.9 Å². The maximum Gasteiger partial charge on any atom is 0.270 e. The Hall–Kier alpha value is -2.44. The largest absolute Gasteiger partial charge is 0.434 e. The number of aryl methyl sites for hydroxylation is 1. The van der Waals surface area contributed by atoms with Gasteiger partial charge in [-0.3, -0.25) is 4.79 Å². The molecule has 1 N–H and O–H groups in total. The average molecular weight is 394 g/mol. The highest BCUT2D eigenvalue weighted by Crippen LogP contribution is 2.39. The van der Waals surface area contributed by atoms with Gasteiger partial charge in [0.15, 0.2) is 11.5 Å². The molecule has 0 saturated carbocycles. The van der Waals surface area contributed by atoms with E-state index < -0.39 is 0 Å². The first kappa shape index (κ1) is 18.4. The standard InChI is InChI=1S/C18H17Cl2N3O3/c1-9(2)12-8-16(21-23(4)18(12)24)25-17-13(19)6-11(7-14(17)20)15-5-10(3)22-26-15/h5-9,22H,3H2,1-2,4H3. The summed E-state index contributed by atoms with van der Waals surface area (Å²) in [5.41, 5.74) is 4.37. The fourth-order valence-electron chi connectivity index (χ4n) is 2.45. The first-order chi connectivity index (χ1) is 12.3. The number of allylic oxidation sites excluding steroid dienone is 1. The third-order valence-corrected chi connectivity index (χ3v) is 4.34. The molecule has 0 radical (unpaired) electrons. The molecule has 2 aromatic rings. The summed E-state index contributed by atoms with van der Waals surface area (Å²) in [7, 11) is 1.57. The summed E-state index contributed by atoms with van der Waals surface area (Å²) in [4.78, 5) is 17.4. The van der Waals surface area contributed by atoms with Gasteiger partial charge >= 0.3 is 0 Å². The van der Waals surface area contributed by atoms with Crippen molar-refractivity contribution in [2.75, 3.05) is 0 Å². The van der Waals surface area contributed by atoms with E-state index >= 15 is 0 Å². The lowest BCUT2D eigenvalue weighted by molar-refractivity contribution is 0.211. The molecule has 2 heterocycles. The molecule has 0 saturated heterocycles. The van der Waals surface area contributed by atoms with Gasteiger partial charge in [-0.25, -0.2) is 10.2 Å². The molecule has 0 amide bonds. The van der Waals surface area contributed by atoms with Crippen LogP contribution in [0, 0.1) is 0 Å². The molecular formula is C18H17Cl2N3O3. The topological polar surface area (TPSA) is 65.4 Å². The number of hydroxylamine groups is 1. The second kappa shape index (κ2) is 7.05. The van der Waals surface area contributed by atoms with Crippen molar-refractivity contribution in [2.45, 2.75) is 19.8 Å². The van der Waals surface area contributed by atoms with Crippen molar-refractivity contribution < 1.29 is 9.57 Å². The summed E-state index contributed by atoms with van der Waals surface area (Å²) in [6.45, 7) is 7.59. The fourth-order valence-corrected chi connectivity index (χ4v) is 3.02. The van der Waals surface area contributed by atoms with E-state index in [9.17, 15) is 4.79 Å². The van der Waals surface area contributed by atoms with Gasteiger partial charge in [0.2, 0.25) is 5.88 Å². The van der Waals surface area contributed by atoms with Crippen molar-refractivity contribution >= 4 is 29.0 Å². The summed E-state index contributed by atoms with van der Waals surface area (Å²) in [5, 5.41) is 4.69. The Labute approximate surface area is 160 Å². The summed E-state index contributed by atoms with van der Waals surface area (Å²) in [6.07, 6.45) is 1.73. The van der Waals surface area contributed by atoms with Gasteiger partial charge < -0.3 is 9.57 Å². The molecule has 0 unspecified atom stereocenters. The number of hydrogen-bond donors (Lipinski definition) is 1. The highest BCUT2D eigenvalue weighted by Gasteiger charge is 2.18. The zero-order chi connectivity index (χ0) is 19.0. The molecule has 1 aromatic heterocycles. The third kappa shape index (κ3) is 3.57. The summed E-state index contributed by atoms with van der Waals surface area (Å²) >= 11 is 12.7. The van der Waals surface area contributed by atoms with Gasteiger partial charge in [-0.2, -0.15) is 0 Å². The predicted octanol–water partition coefficient (Wildman–Crippen LogP) is 4.39. The Bertz CT molecular complexity index is 957. The second-order valence-corrected chi connectivity index (χ2v) is 6.94. The molecule has 1 aliphatic heterocycles. The van der Waals surface area contributed by atoms with Crippen LogP contribution in [0.2, 0.25) is 10.0 Å². The molecule has 0 atom stereocenters. The molecule has 0 aliphatic carbocycles. The molecule has 6 nitrogen and oxygen atoms in total. The summed E-state index contributed by atoms with van der Waals surface area (Å²) < 4.78 is 7.01. The monoisotopic (exact) mass is 393 g/mol. The van der Waals surface area contributed by atoms with Gasteiger partial charge in [0.05, 0.1) is 15.7 Å². The smallest absolute Gasteiger partial charge is 0.270 e. The molecule has 0 spiro atoms. The quantitative estimate of drug-likeness (QED) is 0.833. The predicted molar refractivity (Wildman–Crippen MR) is 101 cm³/mol. The Morgan fingerprint density at radius 1 is 1.27 bits per heavy atom. The van der Waals surface area contributed by atoms with Crippen molar-refractivity contribution in [1.82, 2.24) is 15.3 Å². The van der Waals surface area contributed by atoms with Gasteiger partial charge in [0, 0.05) is 30.3 Å². The fraction of sp³-hybridized carbons (Fsp3) is 0.222. The van der Waals surface area contributed by atoms with E-state index in [0.717, 1.165) is 0 Å². The molecule has 8 heteroatoms. The second-order valence-electron chi connectivity index (χ2n) is 6.13. The Morgan fingerprint density at radius 3 is 2.46 bits per heavy atom. The number of rotatable bonds is 4.